The molecule has 0 aliphatic carbocycles. The summed E-state index contributed by atoms with van der Waals surface area (Å²) in [7, 11) is 0. The second kappa shape index (κ2) is 11.3. The number of nitrogens with zero attached hydrogens (tertiary/aromatic N) is 4. The number of rotatable bonds is 3. The fourth-order valence-electron chi connectivity index (χ4n) is 10.3. The second-order valence-corrected chi connectivity index (χ2v) is 15.6. The van der Waals surface area contributed by atoms with Crippen molar-refractivity contribution in [2.24, 2.45) is 0 Å². The van der Waals surface area contributed by atoms with E-state index >= 15 is 0 Å². The molecule has 14 aromatic rings. The third kappa shape index (κ3) is 4.03. The quantitative estimate of drug-likeness (QED) is 0.169. The van der Waals surface area contributed by atoms with Crippen molar-refractivity contribution in [2.75, 3.05) is 0 Å². The molecule has 0 fully saturated rings. The van der Waals surface area contributed by atoms with Gasteiger partial charge in [0.1, 0.15) is 11.2 Å². The van der Waals surface area contributed by atoms with Gasteiger partial charge in [-0.2, -0.15) is 0 Å². The Bertz CT molecular complexity index is 4080. The first-order valence-corrected chi connectivity index (χ1v) is 20.1. The summed E-state index contributed by atoms with van der Waals surface area (Å²) in [6.07, 6.45) is 0. The molecular weight excluding hydrogens is 721 g/mol. The highest BCUT2D eigenvalue weighted by atomic mass is 16.3. The third-order valence-corrected chi connectivity index (χ3v) is 12.7. The van der Waals surface area contributed by atoms with Crippen molar-refractivity contribution in [2.45, 2.75) is 0 Å². The van der Waals surface area contributed by atoms with Crippen LogP contribution in [0.2, 0.25) is 0 Å². The lowest BCUT2D eigenvalue weighted by atomic mass is 9.95. The van der Waals surface area contributed by atoms with E-state index in [1.165, 1.54) is 38.0 Å². The minimum atomic E-state index is 0.613. The average molecular weight is 751 g/mol. The first kappa shape index (κ1) is 31.1. The summed E-state index contributed by atoms with van der Waals surface area (Å²) in [5, 5.41) is 12.6. The molecule has 0 N–H and O–H groups in total. The summed E-state index contributed by atoms with van der Waals surface area (Å²) in [6, 6.07) is 65.0. The predicted octanol–water partition coefficient (Wildman–Crippen LogP) is 14.3. The maximum Gasteiger partial charge on any atom is 0.235 e. The van der Waals surface area contributed by atoms with Crippen molar-refractivity contribution in [3.63, 3.8) is 0 Å². The van der Waals surface area contributed by atoms with Crippen LogP contribution in [0.5, 0.6) is 0 Å². The maximum atomic E-state index is 6.82. The van der Waals surface area contributed by atoms with Gasteiger partial charge in [-0.1, -0.05) is 146 Å². The van der Waals surface area contributed by atoms with Gasteiger partial charge in [0.05, 0.1) is 38.8 Å². The van der Waals surface area contributed by atoms with E-state index in [-0.39, 0.29) is 0 Å². The summed E-state index contributed by atoms with van der Waals surface area (Å²) < 4.78 is 11.6. The molecule has 0 atom stereocenters. The molecule has 5 nitrogen and oxygen atoms in total. The van der Waals surface area contributed by atoms with Gasteiger partial charge in [-0.3, -0.25) is 4.57 Å². The van der Waals surface area contributed by atoms with Crippen molar-refractivity contribution >= 4 is 104 Å². The lowest BCUT2D eigenvalue weighted by molar-refractivity contribution is 0.669. The molecule has 0 spiro atoms. The Kier molecular flexibility index (Phi) is 5.96. The largest absolute Gasteiger partial charge is 0.456 e. The van der Waals surface area contributed by atoms with Crippen molar-refractivity contribution in [1.82, 2.24) is 18.9 Å². The van der Waals surface area contributed by atoms with Crippen LogP contribution in [-0.2, 0) is 0 Å². The van der Waals surface area contributed by atoms with Gasteiger partial charge in [0.2, 0.25) is 5.95 Å². The molecule has 0 saturated heterocycles. The van der Waals surface area contributed by atoms with E-state index in [1.54, 1.807) is 0 Å². The minimum Gasteiger partial charge on any atom is -0.456 e. The Balaban J connectivity index is 1.23. The summed E-state index contributed by atoms with van der Waals surface area (Å²) >= 11 is 0. The van der Waals surface area contributed by atoms with Gasteiger partial charge in [0.15, 0.2) is 0 Å². The number of hydrogen-bond donors (Lipinski definition) is 0. The first-order chi connectivity index (χ1) is 29.3. The second-order valence-electron chi connectivity index (χ2n) is 15.6. The Hall–Kier alpha value is -8.02. The highest BCUT2D eigenvalue weighted by Crippen LogP contribution is 2.49. The molecule has 272 valence electrons. The maximum absolute atomic E-state index is 6.82. The lowest BCUT2D eigenvalue weighted by Crippen LogP contribution is -2.04. The highest BCUT2D eigenvalue weighted by Gasteiger charge is 2.27. The van der Waals surface area contributed by atoms with Crippen LogP contribution in [-0.4, -0.2) is 18.9 Å². The van der Waals surface area contributed by atoms with Crippen molar-refractivity contribution < 1.29 is 4.42 Å². The van der Waals surface area contributed by atoms with Crippen molar-refractivity contribution in [3.8, 4) is 28.3 Å². The number of hydrogen-bond acceptors (Lipinski definition) is 3. The van der Waals surface area contributed by atoms with Gasteiger partial charge in [-0.05, 0) is 46.8 Å². The van der Waals surface area contributed by atoms with E-state index in [9.17, 15) is 0 Å². The molecule has 9 aromatic carbocycles. The normalized spacial score (nSPS) is 12.4. The number of benzene rings is 9. The predicted molar refractivity (Wildman–Crippen MR) is 244 cm³/mol. The topological polar surface area (TPSA) is 48.3 Å². The summed E-state index contributed by atoms with van der Waals surface area (Å²) in [6.45, 7) is 0. The Morgan fingerprint density at radius 1 is 0.390 bits per heavy atom. The van der Waals surface area contributed by atoms with E-state index < -0.39 is 0 Å². The van der Waals surface area contributed by atoms with Crippen molar-refractivity contribution in [1.29, 1.82) is 0 Å². The number of para-hydroxylation sites is 3. The number of furan rings is 1. The fraction of sp³-hybridized carbons (Fsp3) is 0. The molecule has 14 rings (SSSR count). The van der Waals surface area contributed by atoms with Crippen LogP contribution in [0, 0.1) is 0 Å². The molecule has 0 unspecified atom stereocenters. The standard InChI is InChI=1S/C54H30N4O/c1-2-14-31(15-3-1)33-17-6-7-20-36(33)52-40-29-28-32-16-4-5-18-34(32)51(40)55-54(56-52)58-43-26-13-25-42-49(43)50-44(58)30-46-47(38-21-9-11-27-45(38)59-46)48(50)39-23-12-22-37-35-19-8-10-24-41(35)57(42)53(37)39/h1-30H. The smallest absolute Gasteiger partial charge is 0.235 e. The van der Waals surface area contributed by atoms with Crippen LogP contribution in [0.15, 0.2) is 186 Å². The van der Waals surface area contributed by atoms with E-state index in [2.05, 4.69) is 191 Å². The average Bonchev–Trinajstić information content (AvgIpc) is 3.93. The molecule has 0 saturated carbocycles. The fourth-order valence-corrected chi connectivity index (χ4v) is 10.3. The van der Waals surface area contributed by atoms with Gasteiger partial charge in [-0.25, -0.2) is 9.97 Å². The van der Waals surface area contributed by atoms with Gasteiger partial charge in [0, 0.05) is 65.5 Å². The zero-order valence-electron chi connectivity index (χ0n) is 31.5. The van der Waals surface area contributed by atoms with Crippen LogP contribution in [0.3, 0.4) is 0 Å². The van der Waals surface area contributed by atoms with Gasteiger partial charge >= 0.3 is 0 Å². The Morgan fingerprint density at radius 2 is 1.08 bits per heavy atom. The molecule has 0 bridgehead atoms. The van der Waals surface area contributed by atoms with Crippen LogP contribution >= 0.6 is 0 Å². The highest BCUT2D eigenvalue weighted by molar-refractivity contribution is 6.39. The zero-order chi connectivity index (χ0) is 38.3. The monoisotopic (exact) mass is 750 g/mol. The molecule has 0 amide bonds. The Labute approximate surface area is 335 Å². The van der Waals surface area contributed by atoms with Crippen LogP contribution in [0.4, 0.5) is 0 Å². The Morgan fingerprint density at radius 3 is 2.00 bits per heavy atom. The molecule has 5 heterocycles. The summed E-state index contributed by atoms with van der Waals surface area (Å²) in [4.78, 5) is 11.3. The van der Waals surface area contributed by atoms with Gasteiger partial charge < -0.3 is 8.82 Å². The third-order valence-electron chi connectivity index (χ3n) is 12.7. The van der Waals surface area contributed by atoms with Gasteiger partial charge in [0.25, 0.3) is 0 Å². The van der Waals surface area contributed by atoms with Crippen LogP contribution in [0.1, 0.15) is 0 Å². The van der Waals surface area contributed by atoms with E-state index in [0.717, 1.165) is 87.9 Å². The molecule has 59 heavy (non-hydrogen) atoms. The molecule has 0 aliphatic rings. The summed E-state index contributed by atoms with van der Waals surface area (Å²) in [5.41, 5.74) is 12.4. The van der Waals surface area contributed by atoms with E-state index in [1.807, 2.05) is 0 Å². The summed E-state index contributed by atoms with van der Waals surface area (Å²) in [5.74, 6) is 0.613. The lowest BCUT2D eigenvalue weighted by Gasteiger charge is -2.16. The van der Waals surface area contributed by atoms with Crippen LogP contribution < -0.4 is 0 Å². The molecule has 5 heteroatoms. The van der Waals surface area contributed by atoms with E-state index in [0.29, 0.717) is 5.95 Å². The molecule has 0 aliphatic heterocycles. The van der Waals surface area contributed by atoms with Crippen molar-refractivity contribution in [3.05, 3.63) is 182 Å². The molecule has 0 radical (unpaired) electrons. The zero-order valence-corrected chi connectivity index (χ0v) is 31.5. The molecular formula is C54H30N4O. The van der Waals surface area contributed by atoms with E-state index in [4.69, 9.17) is 14.4 Å². The number of aromatic nitrogens is 4. The van der Waals surface area contributed by atoms with Gasteiger partial charge in [-0.15, -0.1) is 0 Å². The van der Waals surface area contributed by atoms with Crippen LogP contribution in [0.25, 0.3) is 132 Å². The SMILES string of the molecule is c1ccc(-c2ccccc2-c2nc(-n3c4cc5oc6ccccc6c5c5c6cccc7c8ccccc8n(c8cccc3c8c54)c76)nc3c2ccc2ccccc23)cc1. The first-order valence-electron chi connectivity index (χ1n) is 20.1. The molecule has 5 aromatic heterocycles. The minimum absolute atomic E-state index is 0.613. The number of fused-ring (bicyclic) bond motifs is 12.